The molecular weight excluding hydrogens is 603 g/mol. The molecule has 0 bridgehead atoms. The number of rotatable bonds is 1. The average molecular weight is 644 g/mol. The van der Waals surface area contributed by atoms with Crippen LogP contribution in [-0.4, -0.2) is 14.5 Å². The van der Waals surface area contributed by atoms with E-state index in [1.165, 1.54) is 27.1 Å². The summed E-state index contributed by atoms with van der Waals surface area (Å²) in [7, 11) is 0. The van der Waals surface area contributed by atoms with Gasteiger partial charge in [-0.05, 0) is 69.8 Å². The molecule has 1 heterocycles. The topological polar surface area (TPSA) is 40.5 Å². The van der Waals surface area contributed by atoms with Crippen LogP contribution >= 0.6 is 11.3 Å². The van der Waals surface area contributed by atoms with E-state index in [0.717, 1.165) is 21.5 Å². The van der Waals surface area contributed by atoms with Crippen LogP contribution in [0.25, 0.3) is 21.5 Å². The number of aromatic hydroxyl groups is 2. The van der Waals surface area contributed by atoms with Crippen molar-refractivity contribution in [2.24, 2.45) is 0 Å². The number of fused-ring (bicyclic) bond motifs is 2. The molecule has 4 aromatic carbocycles. The van der Waals surface area contributed by atoms with Crippen molar-refractivity contribution >= 4 is 37.2 Å². The molecule has 218 valence electrons. The number of aryl methyl sites for hydroxylation is 2. The second kappa shape index (κ2) is 15.4. The molecule has 0 aliphatic carbocycles. The van der Waals surface area contributed by atoms with Crippen molar-refractivity contribution < 1.29 is 55.0 Å². The fourth-order valence-corrected chi connectivity index (χ4v) is 5.70. The molecule has 0 amide bonds. The first kappa shape index (κ1) is 36.9. The third kappa shape index (κ3) is 9.17. The predicted molar refractivity (Wildman–Crippen MR) is 168 cm³/mol. The van der Waals surface area contributed by atoms with Gasteiger partial charge in [0.15, 0.2) is 0 Å². The van der Waals surface area contributed by atoms with Crippen LogP contribution in [0, 0.1) is 13.8 Å². The fourth-order valence-electron chi connectivity index (χ4n) is 4.69. The molecule has 0 aliphatic rings. The molecule has 0 saturated carbocycles. The predicted octanol–water partition coefficient (Wildman–Crippen LogP) is 3.76. The van der Waals surface area contributed by atoms with Gasteiger partial charge in [-0.2, -0.15) is 0 Å². The van der Waals surface area contributed by atoms with E-state index in [9.17, 15) is 10.2 Å². The van der Waals surface area contributed by atoms with E-state index >= 15 is 0 Å². The van der Waals surface area contributed by atoms with E-state index < -0.39 is 0 Å². The Morgan fingerprint density at radius 2 is 1.02 bits per heavy atom. The third-order valence-corrected chi connectivity index (χ3v) is 8.41. The van der Waals surface area contributed by atoms with Gasteiger partial charge in [0.25, 0.3) is 0 Å². The Balaban J connectivity index is 0.000000321. The Kier molecular flexibility index (Phi) is 13.8. The first-order valence-corrected chi connectivity index (χ1v) is 15.0. The van der Waals surface area contributed by atoms with Gasteiger partial charge in [0.2, 0.25) is 0 Å². The fraction of sp³-hybridized carbons (Fsp3) is 0.286. The molecule has 0 aliphatic heterocycles. The summed E-state index contributed by atoms with van der Waals surface area (Å²) in [5.41, 5.74) is 4.91. The minimum absolute atomic E-state index is 0. The summed E-state index contributed by atoms with van der Waals surface area (Å²) >= 11 is 3.81. The summed E-state index contributed by atoms with van der Waals surface area (Å²) in [5, 5.41) is 26.4. The maximum absolute atomic E-state index is 10.0. The van der Waals surface area contributed by atoms with Crippen LogP contribution in [0.2, 0.25) is 0 Å². The van der Waals surface area contributed by atoms with Crippen molar-refractivity contribution in [3.63, 3.8) is 0 Å². The third-order valence-electron chi connectivity index (χ3n) is 6.77. The van der Waals surface area contributed by atoms with Crippen LogP contribution in [0.15, 0.2) is 78.2 Å². The number of phenols is 2. The summed E-state index contributed by atoms with van der Waals surface area (Å²) in [4.78, 5) is 1.35. The molecule has 0 unspecified atom stereocenters. The number of hydrogen-bond acceptors (Lipinski definition) is 3. The second-order valence-electron chi connectivity index (χ2n) is 11.9. The molecule has 2 nitrogen and oxygen atoms in total. The van der Waals surface area contributed by atoms with Crippen LogP contribution in [0.4, 0.5) is 0 Å². The van der Waals surface area contributed by atoms with E-state index in [1.807, 2.05) is 32.1 Å². The van der Waals surface area contributed by atoms with Crippen LogP contribution in [0.1, 0.15) is 68.7 Å². The summed E-state index contributed by atoms with van der Waals surface area (Å²) in [6, 6.07) is 24.1. The number of hydrogen-bond donors (Lipinski definition) is 2. The number of halogens is 2. The van der Waals surface area contributed by atoms with Gasteiger partial charge in [0, 0.05) is 10.8 Å². The Hall–Kier alpha value is -2.14. The van der Waals surface area contributed by atoms with Gasteiger partial charge in [0.1, 0.15) is 11.5 Å². The van der Waals surface area contributed by atoms with Crippen LogP contribution in [-0.2, 0) is 30.8 Å². The Morgan fingerprint density at radius 1 is 0.610 bits per heavy atom. The first-order chi connectivity index (χ1) is 18.3. The molecule has 2 N–H and O–H groups in total. The molecule has 0 atom stereocenters. The SMILES string of the molecule is Cc1ccc(O)c2c(C(C)(C)C)cccc12.Cc1ccc(O)c2c(C(C)(C)C)cccc12.[Cl-].[Cl-].[Ti]=[CH]c1cccs1. The number of benzene rings is 4. The second-order valence-corrected chi connectivity index (χ2v) is 13.3. The zero-order valence-corrected chi connectivity index (χ0v) is 29.0. The van der Waals surface area contributed by atoms with Gasteiger partial charge in [-0.1, -0.05) is 90.1 Å². The zero-order valence-electron chi connectivity index (χ0n) is 25.1. The van der Waals surface area contributed by atoms with E-state index in [4.69, 9.17) is 0 Å². The summed E-state index contributed by atoms with van der Waals surface area (Å²) in [6.07, 6.45) is 0. The van der Waals surface area contributed by atoms with Crippen LogP contribution in [0.5, 0.6) is 11.5 Å². The quantitative estimate of drug-likeness (QED) is 0.274. The Labute approximate surface area is 273 Å². The van der Waals surface area contributed by atoms with Crippen molar-refractivity contribution in [3.8, 4) is 11.5 Å². The van der Waals surface area contributed by atoms with E-state index in [-0.39, 0.29) is 35.6 Å². The molecule has 5 rings (SSSR count). The monoisotopic (exact) mass is 642 g/mol. The van der Waals surface area contributed by atoms with Crippen molar-refractivity contribution in [1.82, 2.24) is 0 Å². The van der Waals surface area contributed by atoms with E-state index in [0.29, 0.717) is 11.5 Å². The average Bonchev–Trinajstić information content (AvgIpc) is 3.42. The van der Waals surface area contributed by atoms with Gasteiger partial charge in [-0.3, -0.25) is 0 Å². The van der Waals surface area contributed by atoms with Gasteiger partial charge in [-0.15, -0.1) is 0 Å². The summed E-state index contributed by atoms with van der Waals surface area (Å²) < 4.78 is 2.10. The molecule has 1 aromatic heterocycles. The molecule has 6 heteroatoms. The molecule has 0 spiro atoms. The maximum atomic E-state index is 10.0. The summed E-state index contributed by atoms with van der Waals surface area (Å²) in [5.74, 6) is 0.761. The zero-order chi connectivity index (χ0) is 29.0. The van der Waals surface area contributed by atoms with Gasteiger partial charge in [0.05, 0.1) is 0 Å². The Morgan fingerprint density at radius 3 is 1.32 bits per heavy atom. The van der Waals surface area contributed by atoms with E-state index in [1.54, 1.807) is 23.5 Å². The minimum atomic E-state index is 0. The number of phenolic OH excluding ortho intramolecular Hbond substituents is 2. The van der Waals surface area contributed by atoms with Gasteiger partial charge in [-0.25, -0.2) is 0 Å². The molecule has 0 radical (unpaired) electrons. The molecular formula is C35H40Cl2O2STi-2. The first-order valence-electron chi connectivity index (χ1n) is 13.2. The van der Waals surface area contributed by atoms with Crippen LogP contribution in [0.3, 0.4) is 0 Å². The molecule has 41 heavy (non-hydrogen) atoms. The number of thiophene rings is 1. The van der Waals surface area contributed by atoms with Crippen molar-refractivity contribution in [2.45, 2.75) is 66.2 Å². The van der Waals surface area contributed by atoms with Crippen molar-refractivity contribution in [1.29, 1.82) is 0 Å². The van der Waals surface area contributed by atoms with Gasteiger partial charge < -0.3 is 35.0 Å². The van der Waals surface area contributed by atoms with Crippen molar-refractivity contribution in [2.75, 3.05) is 0 Å². The van der Waals surface area contributed by atoms with Gasteiger partial charge >= 0.3 is 58.0 Å². The normalized spacial score (nSPS) is 10.8. The summed E-state index contributed by atoms with van der Waals surface area (Å²) in [6.45, 7) is 17.2. The van der Waals surface area contributed by atoms with Crippen LogP contribution < -0.4 is 24.8 Å². The molecule has 0 fully saturated rings. The standard InChI is InChI=1S/2C15H18O.C5H4S.2ClH.Ti/c2*1-10-8-9-13(16)14-11(10)6-5-7-12(14)15(2,3)4;1-5-3-2-4-6-5;;;/h2*5-9,16H,1-4H3;1-4H;2*1H;/p-2. The molecule has 5 aromatic rings. The Bertz CT molecular complexity index is 1480. The van der Waals surface area contributed by atoms with Crippen molar-refractivity contribution in [3.05, 3.63) is 105 Å². The van der Waals surface area contributed by atoms with E-state index in [2.05, 4.69) is 114 Å². The molecule has 0 saturated heterocycles.